The van der Waals surface area contributed by atoms with Gasteiger partial charge in [0.15, 0.2) is 23.0 Å². The lowest BCUT2D eigenvalue weighted by Gasteiger charge is -2.18. The third-order valence-electron chi connectivity index (χ3n) is 7.12. The zero-order chi connectivity index (χ0) is 40.8. The number of carbonyl (C=O) groups is 6. The molecule has 4 rings (SSSR count). The molecule has 0 bridgehead atoms. The van der Waals surface area contributed by atoms with Crippen molar-refractivity contribution in [1.82, 2.24) is 10.9 Å². The van der Waals surface area contributed by atoms with E-state index in [1.807, 2.05) is 0 Å². The zero-order valence-electron chi connectivity index (χ0n) is 29.4. The minimum absolute atomic E-state index is 0.000125. The molecule has 0 fully saturated rings. The van der Waals surface area contributed by atoms with E-state index in [0.29, 0.717) is 16.8 Å². The smallest absolute Gasteiger partial charge is 0.343 e. The second kappa shape index (κ2) is 19.7. The van der Waals surface area contributed by atoms with E-state index in [1.165, 1.54) is 42.5 Å². The Labute approximate surface area is 325 Å². The fraction of sp³-hybridized carbons (Fsp3) is 0.0500. The number of hydrazine groups is 1. The highest BCUT2D eigenvalue weighted by molar-refractivity contribution is 7.80. The Morgan fingerprint density at radius 1 is 0.589 bits per heavy atom. The topological polar surface area (TPSA) is 208 Å². The molecular formula is C40H33N3O12S. The average Bonchev–Trinajstić information content (AvgIpc) is 3.19. The summed E-state index contributed by atoms with van der Waals surface area (Å²) in [6.07, 6.45) is 3.55. The van der Waals surface area contributed by atoms with Crippen molar-refractivity contribution in [3.63, 3.8) is 0 Å². The highest BCUT2D eigenvalue weighted by Gasteiger charge is 2.21. The third-order valence-corrected chi connectivity index (χ3v) is 7.53. The molecule has 0 radical (unpaired) electrons. The number of rotatable bonds is 17. The van der Waals surface area contributed by atoms with E-state index < -0.39 is 41.2 Å². The predicted molar refractivity (Wildman–Crippen MR) is 205 cm³/mol. The third kappa shape index (κ3) is 11.4. The van der Waals surface area contributed by atoms with Gasteiger partial charge in [-0.15, -0.1) is 0 Å². The largest absolute Gasteiger partial charge is 0.423 e. The summed E-state index contributed by atoms with van der Waals surface area (Å²) in [4.78, 5) is 74.2. The average molecular weight is 780 g/mol. The first-order valence-electron chi connectivity index (χ1n) is 16.1. The molecule has 0 spiro atoms. The lowest BCUT2D eigenvalue weighted by atomic mass is 10.1. The van der Waals surface area contributed by atoms with Crippen LogP contribution in [0.15, 0.2) is 129 Å². The number of carbonyl (C=O) groups excluding carboxylic acids is 6. The molecule has 4 N–H and O–H groups in total. The van der Waals surface area contributed by atoms with Crippen LogP contribution < -0.4 is 45.0 Å². The van der Waals surface area contributed by atoms with Crippen molar-refractivity contribution in [1.29, 1.82) is 0 Å². The fourth-order valence-corrected chi connectivity index (χ4v) is 4.79. The minimum Gasteiger partial charge on any atom is -0.423 e. The highest BCUT2D eigenvalue weighted by atomic mass is 32.1. The maximum atomic E-state index is 13.4. The number of nitrogens with two attached hydrogens (primary N) is 1. The molecule has 56 heavy (non-hydrogen) atoms. The van der Waals surface area contributed by atoms with Crippen LogP contribution in [0.25, 0.3) is 0 Å². The van der Waals surface area contributed by atoms with Gasteiger partial charge in [0, 0.05) is 47.7 Å². The Balaban J connectivity index is 1.63. The number of nitrogens with one attached hydrogen (secondary N) is 2. The Kier molecular flexibility index (Phi) is 14.6. The van der Waals surface area contributed by atoms with E-state index in [-0.39, 0.29) is 52.2 Å². The van der Waals surface area contributed by atoms with Crippen molar-refractivity contribution >= 4 is 54.1 Å². The van der Waals surface area contributed by atoms with Gasteiger partial charge in [0.25, 0.3) is 0 Å². The van der Waals surface area contributed by atoms with E-state index >= 15 is 0 Å². The summed E-state index contributed by atoms with van der Waals surface area (Å²) in [6.45, 7) is 13.3. The first-order valence-corrected chi connectivity index (χ1v) is 16.6. The molecule has 0 aromatic heterocycles. The van der Waals surface area contributed by atoms with Crippen molar-refractivity contribution in [2.24, 2.45) is 0 Å². The summed E-state index contributed by atoms with van der Waals surface area (Å²) in [6, 6.07) is 18.4. The molecule has 0 saturated heterocycles. The molecule has 0 unspecified atom stereocenters. The van der Waals surface area contributed by atoms with Crippen LogP contribution in [0.4, 0.5) is 5.69 Å². The van der Waals surface area contributed by atoms with Gasteiger partial charge in [0.05, 0.1) is 16.5 Å². The van der Waals surface area contributed by atoms with Crippen LogP contribution in [-0.4, -0.2) is 35.8 Å². The van der Waals surface area contributed by atoms with Gasteiger partial charge in [-0.3, -0.25) is 5.43 Å². The van der Waals surface area contributed by atoms with Gasteiger partial charge < -0.3 is 34.2 Å². The van der Waals surface area contributed by atoms with Gasteiger partial charge in [-0.2, -0.15) is 12.6 Å². The number of esters is 6. The number of ether oxygens (including phenoxy) is 6. The predicted octanol–water partition coefficient (Wildman–Crippen LogP) is 5.30. The van der Waals surface area contributed by atoms with Crippen molar-refractivity contribution in [3.05, 3.63) is 152 Å². The van der Waals surface area contributed by atoms with E-state index in [9.17, 15) is 28.8 Å². The van der Waals surface area contributed by atoms with Gasteiger partial charge >= 0.3 is 35.8 Å². The normalized spacial score (nSPS) is 10.8. The summed E-state index contributed by atoms with van der Waals surface area (Å²) < 4.78 is 31.8. The Morgan fingerprint density at radius 2 is 1.05 bits per heavy atom. The van der Waals surface area contributed by atoms with E-state index in [4.69, 9.17) is 34.2 Å². The van der Waals surface area contributed by atoms with E-state index in [1.54, 1.807) is 24.3 Å². The number of benzene rings is 4. The second-order valence-corrected chi connectivity index (χ2v) is 11.4. The molecule has 0 aliphatic rings. The maximum absolute atomic E-state index is 13.4. The monoisotopic (exact) mass is 779 g/mol. The minimum atomic E-state index is -0.913. The van der Waals surface area contributed by atoms with Crippen LogP contribution in [0.2, 0.25) is 0 Å². The Bertz CT molecular complexity index is 2240. The standard InChI is InChI=1S/C40H33N3O12S/c1-5-34(44)51-30-16-13-23(20-32(30)53-36(46)7-3)39(48)50-26-15-18-29(25(19-26)22-42-43-38(56)27-11-9-10-12-28(27)41)55-40(49)24-14-17-31(52-35(45)6-2)33(21-24)54-37(47)8-4/h5-21,38,42-43,56H,1-4,22,41H2/t38-/m1/s1. The van der Waals surface area contributed by atoms with E-state index in [0.717, 1.165) is 36.4 Å². The first-order chi connectivity index (χ1) is 26.8. The molecule has 0 saturated carbocycles. The summed E-state index contributed by atoms with van der Waals surface area (Å²) >= 11 is 4.56. The molecule has 0 aliphatic heterocycles. The molecular weight excluding hydrogens is 747 g/mol. The van der Waals surface area contributed by atoms with Crippen LogP contribution in [0.3, 0.4) is 0 Å². The molecule has 16 heteroatoms. The van der Waals surface area contributed by atoms with Crippen molar-refractivity contribution in [3.8, 4) is 34.5 Å². The molecule has 0 heterocycles. The molecule has 0 aliphatic carbocycles. The summed E-state index contributed by atoms with van der Waals surface area (Å²) in [5.41, 5.74) is 13.3. The van der Waals surface area contributed by atoms with Crippen LogP contribution in [0.1, 0.15) is 37.2 Å². The number of thiol groups is 1. The molecule has 4 aromatic rings. The van der Waals surface area contributed by atoms with Crippen molar-refractivity contribution in [2.75, 3.05) is 5.73 Å². The van der Waals surface area contributed by atoms with Crippen LogP contribution >= 0.6 is 12.6 Å². The van der Waals surface area contributed by atoms with Crippen molar-refractivity contribution < 1.29 is 57.2 Å². The molecule has 0 amide bonds. The number of hydrogen-bond donors (Lipinski definition) is 4. The van der Waals surface area contributed by atoms with Gasteiger partial charge in [-0.05, 0) is 60.7 Å². The van der Waals surface area contributed by atoms with Crippen LogP contribution in [0, 0.1) is 0 Å². The summed E-state index contributed by atoms with van der Waals surface area (Å²) in [5, 5.41) is -0.577. The second-order valence-electron chi connectivity index (χ2n) is 10.9. The SMILES string of the molecule is C=CC(=O)Oc1ccc(C(=O)Oc2ccc(OC(=O)c3ccc(OC(=O)C=C)c(OC(=O)C=C)c3)c(CNN[C@H](S)c3ccccc3N)c2)cc1OC(=O)C=C. The van der Waals surface area contributed by atoms with Crippen LogP contribution in [-0.2, 0) is 25.7 Å². The number of nitrogen functional groups attached to an aromatic ring is 1. The number of para-hydroxylation sites is 1. The van der Waals surface area contributed by atoms with Gasteiger partial charge in [0.2, 0.25) is 0 Å². The fourth-order valence-electron chi connectivity index (χ4n) is 4.46. The summed E-state index contributed by atoms with van der Waals surface area (Å²) in [5.74, 6) is -6.17. The Hall–Kier alpha value is -7.27. The molecule has 286 valence electrons. The highest BCUT2D eigenvalue weighted by Crippen LogP contribution is 2.33. The maximum Gasteiger partial charge on any atom is 0.343 e. The van der Waals surface area contributed by atoms with Gasteiger partial charge in [0.1, 0.15) is 11.5 Å². The van der Waals surface area contributed by atoms with Crippen LogP contribution in [0.5, 0.6) is 34.5 Å². The van der Waals surface area contributed by atoms with Gasteiger partial charge in [-0.1, -0.05) is 44.5 Å². The lowest BCUT2D eigenvalue weighted by molar-refractivity contribution is -0.131. The summed E-state index contributed by atoms with van der Waals surface area (Å²) in [7, 11) is 0. The molecule has 1 atom stereocenters. The number of anilines is 1. The molecule has 15 nitrogen and oxygen atoms in total. The first kappa shape index (κ1) is 41.5. The quantitative estimate of drug-likeness (QED) is 0.0204. The number of hydrogen-bond acceptors (Lipinski definition) is 16. The van der Waals surface area contributed by atoms with E-state index in [2.05, 4.69) is 49.8 Å². The Morgan fingerprint density at radius 3 is 1.55 bits per heavy atom. The van der Waals surface area contributed by atoms with Crippen molar-refractivity contribution in [2.45, 2.75) is 11.9 Å². The zero-order valence-corrected chi connectivity index (χ0v) is 30.2. The molecule has 4 aromatic carbocycles. The lowest BCUT2D eigenvalue weighted by Crippen LogP contribution is -2.33. The van der Waals surface area contributed by atoms with Gasteiger partial charge in [-0.25, -0.2) is 34.2 Å².